The van der Waals surface area contributed by atoms with Gasteiger partial charge >= 0.3 is 0 Å². The second-order valence-electron chi connectivity index (χ2n) is 9.59. The van der Waals surface area contributed by atoms with Crippen LogP contribution in [0.15, 0.2) is 65.6 Å². The van der Waals surface area contributed by atoms with Gasteiger partial charge in [-0.1, -0.05) is 37.3 Å². The molecule has 4 rings (SSSR count). The van der Waals surface area contributed by atoms with Crippen molar-refractivity contribution in [2.24, 2.45) is 0 Å². The summed E-state index contributed by atoms with van der Waals surface area (Å²) < 4.78 is 26.4. The number of hydrogen-bond donors (Lipinski definition) is 2. The Labute approximate surface area is 227 Å². The first-order valence-corrected chi connectivity index (χ1v) is 13.7. The Hall–Kier alpha value is -3.52. The number of benzene rings is 3. The fraction of sp³-hybridized carbons (Fsp3) is 0.333. The maximum atomic E-state index is 14.9. The lowest BCUT2D eigenvalue weighted by atomic mass is 10.0. The summed E-state index contributed by atoms with van der Waals surface area (Å²) in [5.41, 5.74) is 3.02. The standard InChI is InChI=1S/C30H33FN2O4S/c1-5-38-23-8-6-7-21(17-23)22-11-10-20(24(31)18-22)12-14-28(34)33-25(29(35)32-4)15-19-9-13-26-27(16-19)37-30(2,3)36-26/h6-11,13,16-18,25H,5,12,14-15H2,1-4H3,(H,32,35)(H,33,34)/t25-/m0/s1. The summed E-state index contributed by atoms with van der Waals surface area (Å²) in [7, 11) is 1.53. The van der Waals surface area contributed by atoms with Crippen LogP contribution < -0.4 is 20.1 Å². The Morgan fingerprint density at radius 1 is 1.00 bits per heavy atom. The van der Waals surface area contributed by atoms with Gasteiger partial charge in [0.1, 0.15) is 11.9 Å². The molecule has 200 valence electrons. The van der Waals surface area contributed by atoms with Crippen LogP contribution >= 0.6 is 11.8 Å². The molecule has 1 aliphatic heterocycles. The summed E-state index contributed by atoms with van der Waals surface area (Å²) in [6, 6.07) is 17.8. The Morgan fingerprint density at radius 3 is 2.50 bits per heavy atom. The summed E-state index contributed by atoms with van der Waals surface area (Å²) in [4.78, 5) is 26.4. The molecule has 0 spiro atoms. The lowest BCUT2D eigenvalue weighted by molar-refractivity contribution is -0.128. The molecule has 8 heteroatoms. The fourth-order valence-corrected chi connectivity index (χ4v) is 5.11. The topological polar surface area (TPSA) is 76.7 Å². The monoisotopic (exact) mass is 536 g/mol. The molecule has 0 saturated heterocycles. The van der Waals surface area contributed by atoms with Gasteiger partial charge in [0.25, 0.3) is 0 Å². The van der Waals surface area contributed by atoms with Crippen LogP contribution in [0.25, 0.3) is 11.1 Å². The molecule has 38 heavy (non-hydrogen) atoms. The summed E-state index contributed by atoms with van der Waals surface area (Å²) >= 11 is 1.74. The minimum absolute atomic E-state index is 0.0573. The third kappa shape index (κ3) is 6.86. The van der Waals surface area contributed by atoms with Crippen molar-refractivity contribution in [2.45, 2.75) is 56.8 Å². The molecule has 6 nitrogen and oxygen atoms in total. The van der Waals surface area contributed by atoms with E-state index in [1.54, 1.807) is 23.9 Å². The van der Waals surface area contributed by atoms with Gasteiger partial charge in [-0.2, -0.15) is 0 Å². The Bertz CT molecular complexity index is 1330. The average Bonchev–Trinajstić information content (AvgIpc) is 3.20. The molecule has 2 amide bonds. The first kappa shape index (κ1) is 27.5. The number of likely N-dealkylation sites (N-methyl/N-ethyl adjacent to an activating group) is 1. The molecular formula is C30H33FN2O4S. The van der Waals surface area contributed by atoms with Crippen molar-refractivity contribution in [1.29, 1.82) is 0 Å². The molecule has 3 aromatic carbocycles. The number of fused-ring (bicyclic) bond motifs is 1. The first-order chi connectivity index (χ1) is 18.2. The molecule has 2 N–H and O–H groups in total. The van der Waals surface area contributed by atoms with Crippen molar-refractivity contribution in [3.8, 4) is 22.6 Å². The number of aryl methyl sites for hydroxylation is 1. The second-order valence-corrected chi connectivity index (χ2v) is 10.9. The minimum Gasteiger partial charge on any atom is -0.449 e. The number of rotatable bonds is 10. The molecule has 1 heterocycles. The normalized spacial score (nSPS) is 14.1. The summed E-state index contributed by atoms with van der Waals surface area (Å²) in [5, 5.41) is 5.40. The van der Waals surface area contributed by atoms with E-state index in [4.69, 9.17) is 9.47 Å². The quantitative estimate of drug-likeness (QED) is 0.334. The third-order valence-electron chi connectivity index (χ3n) is 6.21. The molecule has 0 aliphatic carbocycles. The van der Waals surface area contributed by atoms with E-state index in [0.29, 0.717) is 17.1 Å². The molecule has 1 aliphatic rings. The number of carbonyl (C=O) groups excluding carboxylic acids is 2. The van der Waals surface area contributed by atoms with Crippen LogP contribution in [0.1, 0.15) is 38.3 Å². The van der Waals surface area contributed by atoms with Crippen LogP contribution in [0, 0.1) is 5.82 Å². The number of nitrogens with one attached hydrogen (secondary N) is 2. The lowest BCUT2D eigenvalue weighted by Gasteiger charge is -2.18. The van der Waals surface area contributed by atoms with Gasteiger partial charge in [-0.3, -0.25) is 9.59 Å². The van der Waals surface area contributed by atoms with Crippen molar-refractivity contribution in [2.75, 3.05) is 12.8 Å². The average molecular weight is 537 g/mol. The molecular weight excluding hydrogens is 503 g/mol. The highest BCUT2D eigenvalue weighted by Crippen LogP contribution is 2.39. The molecule has 3 aromatic rings. The van der Waals surface area contributed by atoms with Gasteiger partial charge < -0.3 is 20.1 Å². The van der Waals surface area contributed by atoms with Gasteiger partial charge in [0.05, 0.1) is 0 Å². The SMILES string of the molecule is CCSc1cccc(-c2ccc(CCC(=O)N[C@@H](Cc3ccc4c(c3)OC(C)(C)O4)C(=O)NC)c(F)c2)c1. The molecule has 0 radical (unpaired) electrons. The number of hydrogen-bond acceptors (Lipinski definition) is 5. The van der Waals surface area contributed by atoms with E-state index in [1.165, 1.54) is 13.1 Å². The lowest BCUT2D eigenvalue weighted by Crippen LogP contribution is -2.47. The predicted molar refractivity (Wildman–Crippen MR) is 148 cm³/mol. The van der Waals surface area contributed by atoms with Crippen LogP contribution in [-0.2, 0) is 22.4 Å². The Kier molecular flexibility index (Phi) is 8.62. The second kappa shape index (κ2) is 11.9. The van der Waals surface area contributed by atoms with Crippen molar-refractivity contribution in [3.05, 3.63) is 77.6 Å². The highest BCUT2D eigenvalue weighted by atomic mass is 32.2. The largest absolute Gasteiger partial charge is 0.449 e. The van der Waals surface area contributed by atoms with Crippen LogP contribution in [0.5, 0.6) is 11.5 Å². The molecule has 0 fully saturated rings. The summed E-state index contributed by atoms with van der Waals surface area (Å²) in [5.74, 6) is 0.470. The van der Waals surface area contributed by atoms with Gasteiger partial charge in [-0.25, -0.2) is 4.39 Å². The minimum atomic E-state index is -0.777. The molecule has 0 bridgehead atoms. The number of carbonyl (C=O) groups is 2. The van der Waals surface area contributed by atoms with E-state index in [0.717, 1.165) is 27.3 Å². The van der Waals surface area contributed by atoms with E-state index in [1.807, 2.05) is 50.2 Å². The van der Waals surface area contributed by atoms with E-state index < -0.39 is 11.8 Å². The van der Waals surface area contributed by atoms with Crippen LogP contribution in [0.3, 0.4) is 0 Å². The number of amides is 2. The zero-order chi connectivity index (χ0) is 27.3. The highest BCUT2D eigenvalue weighted by Gasteiger charge is 2.32. The zero-order valence-corrected chi connectivity index (χ0v) is 22.9. The smallest absolute Gasteiger partial charge is 0.246 e. The van der Waals surface area contributed by atoms with Crippen molar-refractivity contribution < 1.29 is 23.5 Å². The van der Waals surface area contributed by atoms with Gasteiger partial charge in [-0.05, 0) is 64.8 Å². The maximum Gasteiger partial charge on any atom is 0.246 e. The van der Waals surface area contributed by atoms with E-state index >= 15 is 0 Å². The molecule has 0 saturated carbocycles. The van der Waals surface area contributed by atoms with Gasteiger partial charge in [0.2, 0.25) is 17.6 Å². The van der Waals surface area contributed by atoms with Crippen molar-refractivity contribution >= 4 is 23.6 Å². The summed E-state index contributed by atoms with van der Waals surface area (Å²) in [6.45, 7) is 5.73. The van der Waals surface area contributed by atoms with Gasteiger partial charge in [0.15, 0.2) is 11.5 Å². The molecule has 0 unspecified atom stereocenters. The molecule has 0 aromatic heterocycles. The van der Waals surface area contributed by atoms with Gasteiger partial charge in [0, 0.05) is 38.6 Å². The number of halogens is 1. The zero-order valence-electron chi connectivity index (χ0n) is 22.1. The van der Waals surface area contributed by atoms with Crippen LogP contribution in [0.2, 0.25) is 0 Å². The van der Waals surface area contributed by atoms with Crippen molar-refractivity contribution in [3.63, 3.8) is 0 Å². The highest BCUT2D eigenvalue weighted by molar-refractivity contribution is 7.99. The number of thioether (sulfide) groups is 1. The van der Waals surface area contributed by atoms with Crippen LogP contribution in [0.4, 0.5) is 4.39 Å². The van der Waals surface area contributed by atoms with Crippen LogP contribution in [-0.4, -0.2) is 36.4 Å². The van der Waals surface area contributed by atoms with E-state index in [-0.39, 0.29) is 36.9 Å². The Balaban J connectivity index is 1.38. The fourth-order valence-electron chi connectivity index (χ4n) is 4.39. The van der Waals surface area contributed by atoms with E-state index in [2.05, 4.69) is 23.6 Å². The summed E-state index contributed by atoms with van der Waals surface area (Å²) in [6.07, 6.45) is 0.561. The third-order valence-corrected chi connectivity index (χ3v) is 7.09. The molecule has 1 atom stereocenters. The van der Waals surface area contributed by atoms with E-state index in [9.17, 15) is 14.0 Å². The number of ether oxygens (including phenoxy) is 2. The van der Waals surface area contributed by atoms with Crippen molar-refractivity contribution in [1.82, 2.24) is 10.6 Å². The first-order valence-electron chi connectivity index (χ1n) is 12.7. The predicted octanol–water partition coefficient (Wildman–Crippen LogP) is 5.52. The van der Waals surface area contributed by atoms with Gasteiger partial charge in [-0.15, -0.1) is 11.8 Å². The Morgan fingerprint density at radius 2 is 1.76 bits per heavy atom. The maximum absolute atomic E-state index is 14.9.